The highest BCUT2D eigenvalue weighted by molar-refractivity contribution is 5.89. The topological polar surface area (TPSA) is 232 Å². The molecule has 4 fully saturated rings. The lowest BCUT2D eigenvalue weighted by molar-refractivity contribution is -0.365. The zero-order chi connectivity index (χ0) is 47.7. The third kappa shape index (κ3) is 8.55. The first-order chi connectivity index (χ1) is 30.3. The second-order valence-corrected chi connectivity index (χ2v) is 20.0. The van der Waals surface area contributed by atoms with E-state index in [1.807, 2.05) is 0 Å². The number of carbonyl (C=O) groups excluding carboxylic acids is 4. The summed E-state index contributed by atoms with van der Waals surface area (Å²) in [5.41, 5.74) is -6.32. The highest BCUT2D eigenvalue weighted by atomic mass is 16.8. The molecule has 2 aromatic rings. The first kappa shape index (κ1) is 48.0. The zero-order valence-corrected chi connectivity index (χ0v) is 38.4. The van der Waals surface area contributed by atoms with Crippen molar-refractivity contribution in [3.63, 3.8) is 0 Å². The molecule has 0 spiro atoms. The molecule has 0 aromatic heterocycles. The Hall–Kier alpha value is -4.91. The number of hydrogen-bond acceptors (Lipinski definition) is 15. The van der Waals surface area contributed by atoms with Gasteiger partial charge in [0.2, 0.25) is 0 Å². The summed E-state index contributed by atoms with van der Waals surface area (Å²) >= 11 is 0. The van der Waals surface area contributed by atoms with Gasteiger partial charge in [0.05, 0.1) is 36.3 Å². The first-order valence-corrected chi connectivity index (χ1v) is 21.9. The van der Waals surface area contributed by atoms with E-state index in [1.54, 1.807) is 123 Å². The minimum Gasteiger partial charge on any atom is -0.480 e. The molecule has 0 radical (unpaired) electrons. The summed E-state index contributed by atoms with van der Waals surface area (Å²) in [5.74, 6) is -6.56. The van der Waals surface area contributed by atoms with Crippen molar-refractivity contribution in [2.45, 2.75) is 153 Å². The zero-order valence-electron chi connectivity index (χ0n) is 38.4. The van der Waals surface area contributed by atoms with E-state index in [0.717, 1.165) is 0 Å². The molecule has 5 aliphatic rings. The van der Waals surface area contributed by atoms with Crippen molar-refractivity contribution in [1.82, 2.24) is 5.32 Å². The van der Waals surface area contributed by atoms with E-state index in [4.69, 9.17) is 37.9 Å². The molecule has 2 saturated carbocycles. The van der Waals surface area contributed by atoms with Gasteiger partial charge in [0.25, 0.3) is 0 Å². The molecule has 2 heterocycles. The number of rotatable bonds is 11. The van der Waals surface area contributed by atoms with Crippen molar-refractivity contribution in [2.24, 2.45) is 16.7 Å². The van der Waals surface area contributed by atoms with Gasteiger partial charge in [-0.15, -0.1) is 0 Å². The Bertz CT molecular complexity index is 2200. The highest BCUT2D eigenvalue weighted by Crippen LogP contribution is 2.67. The number of carboxylic acid groups (broad SMARTS) is 1. The van der Waals surface area contributed by atoms with Gasteiger partial charge in [-0.05, 0) is 70.4 Å². The number of nitrogens with one attached hydrogen (secondary N) is 1. The summed E-state index contributed by atoms with van der Waals surface area (Å²) in [7, 11) is 0. The molecule has 17 heteroatoms. The summed E-state index contributed by atoms with van der Waals surface area (Å²) < 4.78 is 50.7. The van der Waals surface area contributed by atoms with Crippen molar-refractivity contribution < 1.29 is 77.2 Å². The summed E-state index contributed by atoms with van der Waals surface area (Å²) in [5, 5.41) is 38.3. The number of ether oxygens (including phenoxy) is 8. The van der Waals surface area contributed by atoms with Crippen molar-refractivity contribution in [1.29, 1.82) is 0 Å². The lowest BCUT2D eigenvalue weighted by Crippen LogP contribution is -2.82. The molecule has 7 rings (SSSR count). The number of aliphatic carboxylic acids is 1. The molecule has 2 bridgehead atoms. The molecule has 0 unspecified atom stereocenters. The number of aliphatic hydroxyl groups is 2. The van der Waals surface area contributed by atoms with Crippen LogP contribution in [0.2, 0.25) is 0 Å². The molecule has 3 aliphatic carbocycles. The molecule has 2 saturated heterocycles. The van der Waals surface area contributed by atoms with Crippen LogP contribution in [0, 0.1) is 16.7 Å². The predicted molar refractivity (Wildman–Crippen MR) is 228 cm³/mol. The first-order valence-electron chi connectivity index (χ1n) is 21.9. The number of benzene rings is 2. The van der Waals surface area contributed by atoms with Crippen LogP contribution in [-0.4, -0.2) is 124 Å². The smallest absolute Gasteiger partial charge is 0.408 e. The van der Waals surface area contributed by atoms with E-state index in [-0.39, 0.29) is 18.6 Å². The Balaban J connectivity index is 1.42. The molecule has 12 atom stereocenters. The van der Waals surface area contributed by atoms with E-state index in [0.29, 0.717) is 16.7 Å². The number of carbonyl (C=O) groups is 5. The number of amides is 1. The summed E-state index contributed by atoms with van der Waals surface area (Å²) in [6.07, 6.45) is -10.4. The van der Waals surface area contributed by atoms with Crippen LogP contribution in [0.4, 0.5) is 4.79 Å². The van der Waals surface area contributed by atoms with Gasteiger partial charge in [-0.3, -0.25) is 4.79 Å². The van der Waals surface area contributed by atoms with Crippen molar-refractivity contribution in [2.75, 3.05) is 13.2 Å². The van der Waals surface area contributed by atoms with E-state index >= 15 is 0 Å². The van der Waals surface area contributed by atoms with Crippen LogP contribution in [0.3, 0.4) is 0 Å². The minimum absolute atomic E-state index is 0.0256. The number of hydrogen-bond donors (Lipinski definition) is 4. The largest absolute Gasteiger partial charge is 0.480 e. The van der Waals surface area contributed by atoms with Crippen LogP contribution in [-0.2, 0) is 52.3 Å². The van der Waals surface area contributed by atoms with Gasteiger partial charge in [-0.2, -0.15) is 0 Å². The molecule has 354 valence electrons. The van der Waals surface area contributed by atoms with Crippen molar-refractivity contribution in [3.8, 4) is 0 Å². The Kier molecular flexibility index (Phi) is 12.6. The summed E-state index contributed by atoms with van der Waals surface area (Å²) in [6, 6.07) is 15.1. The Morgan fingerprint density at radius 2 is 1.55 bits per heavy atom. The highest BCUT2D eigenvalue weighted by Gasteiger charge is 2.79. The fraction of sp³-hybridized carbons (Fsp3) is 0.604. The van der Waals surface area contributed by atoms with E-state index in [9.17, 15) is 39.3 Å². The van der Waals surface area contributed by atoms with Crippen LogP contribution in [0.15, 0.2) is 71.8 Å². The predicted octanol–water partition coefficient (Wildman–Crippen LogP) is 4.96. The average molecular weight is 908 g/mol. The minimum atomic E-state index is -2.25. The van der Waals surface area contributed by atoms with Crippen LogP contribution >= 0.6 is 0 Å². The van der Waals surface area contributed by atoms with Crippen molar-refractivity contribution in [3.05, 3.63) is 82.9 Å². The third-order valence-corrected chi connectivity index (χ3v) is 13.9. The van der Waals surface area contributed by atoms with Crippen LogP contribution in [0.1, 0.15) is 104 Å². The van der Waals surface area contributed by atoms with Gasteiger partial charge in [-0.25, -0.2) is 19.2 Å². The quantitative estimate of drug-likeness (QED) is 0.133. The van der Waals surface area contributed by atoms with Gasteiger partial charge in [0.1, 0.15) is 42.2 Å². The van der Waals surface area contributed by atoms with Crippen molar-refractivity contribution >= 4 is 30.0 Å². The van der Waals surface area contributed by atoms with Crippen LogP contribution in [0.25, 0.3) is 0 Å². The monoisotopic (exact) mass is 907 g/mol. The van der Waals surface area contributed by atoms with Gasteiger partial charge >= 0.3 is 30.0 Å². The normalized spacial score (nSPS) is 34.1. The van der Waals surface area contributed by atoms with E-state index < -0.39 is 131 Å². The Labute approximate surface area is 378 Å². The summed E-state index contributed by atoms with van der Waals surface area (Å²) in [4.78, 5) is 67.5. The Morgan fingerprint density at radius 3 is 2.12 bits per heavy atom. The van der Waals surface area contributed by atoms with Gasteiger partial charge in [0.15, 0.2) is 17.5 Å². The maximum Gasteiger partial charge on any atom is 0.408 e. The van der Waals surface area contributed by atoms with E-state index in [2.05, 4.69) is 5.32 Å². The second kappa shape index (κ2) is 17.1. The molecular weight excluding hydrogens is 847 g/mol. The van der Waals surface area contributed by atoms with E-state index in [1.165, 1.54) is 6.92 Å². The second-order valence-electron chi connectivity index (χ2n) is 20.0. The van der Waals surface area contributed by atoms with Crippen LogP contribution < -0.4 is 5.32 Å². The fourth-order valence-electron chi connectivity index (χ4n) is 11.1. The Morgan fingerprint density at radius 1 is 0.923 bits per heavy atom. The van der Waals surface area contributed by atoms with Gasteiger partial charge < -0.3 is 58.5 Å². The molecule has 2 aromatic carbocycles. The lowest BCUT2D eigenvalue weighted by atomic mass is 9.44. The lowest BCUT2D eigenvalue weighted by Gasteiger charge is -2.69. The molecule has 65 heavy (non-hydrogen) atoms. The fourth-order valence-corrected chi connectivity index (χ4v) is 11.1. The van der Waals surface area contributed by atoms with Gasteiger partial charge in [0, 0.05) is 30.6 Å². The molecule has 1 amide bonds. The number of aliphatic hydroxyl groups excluding tert-OH is 1. The number of esters is 3. The number of alkyl carbamates (subject to hydrolysis) is 1. The molecule has 17 nitrogen and oxygen atoms in total. The third-order valence-electron chi connectivity index (χ3n) is 13.9. The summed E-state index contributed by atoms with van der Waals surface area (Å²) in [6.45, 7) is 15.7. The standard InChI is InChI=1S/C48H61NO16/c1-25-29(60-41(55)35(53)34(27-17-13-11-14-18-27)49-42(56)65-43(3,4)5)22-48(57)39(61-40(54)28-19-15-12-16-20-28)37-46(10,38-36(33(25)44(48,6)7)63-45(8,9)64-38)30(58-23-32(51)52)21-31-47(37,24-59-31)62-26(2)50/h11-20,29-31,34-39,53,57H,21-24H2,1-10H3,(H,49,56)(H,51,52)/t29-,30-,31+,34-,35+,36+,37-,38+,39-,46+,47-,48+/m0/s1. The molecule has 2 aliphatic heterocycles. The van der Waals surface area contributed by atoms with Crippen LogP contribution in [0.5, 0.6) is 0 Å². The maximum atomic E-state index is 14.5. The maximum absolute atomic E-state index is 14.5. The number of fused-ring (bicyclic) bond motifs is 8. The van der Waals surface area contributed by atoms with Gasteiger partial charge in [-0.1, -0.05) is 69.3 Å². The number of carboxylic acids is 1. The molecule has 4 N–H and O–H groups in total. The molecular formula is C48H61NO16. The SMILES string of the molecule is CC(=O)O[C@@]12CO[C@@H]1C[C@H](OCC(=O)O)[C@@]1(C)[C@@H]3OC(C)(C)O[C@@H]3C3=C(C)[C@@H](OC(=O)[C@H](O)[C@@H](NC(=O)OC(C)(C)C)c4ccccc4)C[C@@](O)([C@@H](OC(=O)c4ccccc4)[C@H]21)C3(C)C. The average Bonchev–Trinajstić information content (AvgIpc) is 3.53.